The lowest BCUT2D eigenvalue weighted by atomic mass is 10.1. The van der Waals surface area contributed by atoms with Crippen molar-refractivity contribution in [1.82, 2.24) is 10.2 Å². The first-order chi connectivity index (χ1) is 15.5. The van der Waals surface area contributed by atoms with Crippen LogP contribution < -0.4 is 4.90 Å². The Hall–Kier alpha value is -4.11. The number of carbonyl (C=O) groups excluding carboxylic acids is 3. The summed E-state index contributed by atoms with van der Waals surface area (Å²) in [5.41, 5.74) is 1.86. The van der Waals surface area contributed by atoms with Crippen molar-refractivity contribution in [2.24, 2.45) is 0 Å². The number of hydrogen-bond donors (Lipinski definition) is 0. The summed E-state index contributed by atoms with van der Waals surface area (Å²) in [6, 6.07) is 15.1. The van der Waals surface area contributed by atoms with Gasteiger partial charge in [0.15, 0.2) is 6.61 Å². The average molecular weight is 445 g/mol. The average Bonchev–Trinajstić information content (AvgIpc) is 3.54. The maximum atomic E-state index is 12.9. The zero-order chi connectivity index (χ0) is 22.2. The van der Waals surface area contributed by atoms with E-state index >= 15 is 0 Å². The number of para-hydroxylation sites is 1. The molecule has 32 heavy (non-hydrogen) atoms. The number of carbonyl (C=O) groups is 3. The lowest BCUT2D eigenvalue weighted by Crippen LogP contribution is -2.29. The smallest absolute Gasteiger partial charge is 0.338 e. The number of nitrogens with zero attached hydrogens (tertiary/aromatic N) is 3. The Morgan fingerprint density at radius 2 is 1.84 bits per heavy atom. The van der Waals surface area contributed by atoms with Gasteiger partial charge in [0.05, 0.1) is 27.3 Å². The lowest BCUT2D eigenvalue weighted by molar-refractivity contribution is 0.0438. The highest BCUT2D eigenvalue weighted by atomic mass is 32.1. The number of aryl methyl sites for hydroxylation is 1. The number of imide groups is 1. The zero-order valence-corrected chi connectivity index (χ0v) is 17.6. The first-order valence-electron chi connectivity index (χ1n) is 9.65. The van der Waals surface area contributed by atoms with Gasteiger partial charge in [-0.25, -0.2) is 9.69 Å². The van der Waals surface area contributed by atoms with Gasteiger partial charge in [-0.15, -0.1) is 21.5 Å². The third kappa shape index (κ3) is 3.38. The molecule has 0 N–H and O–H groups in total. The Bertz CT molecular complexity index is 1360. The molecule has 3 heterocycles. The fourth-order valence-electron chi connectivity index (χ4n) is 3.42. The quantitative estimate of drug-likeness (QED) is 0.334. The van der Waals surface area contributed by atoms with Crippen LogP contribution in [0, 0.1) is 6.92 Å². The van der Waals surface area contributed by atoms with Crippen LogP contribution in [0.25, 0.3) is 10.8 Å². The SMILES string of the molecule is Cc1ccccc1N1C(=O)c2ccc(C(=O)OCc3nnc(-c4cccs4)o3)cc2C1=O. The minimum Gasteiger partial charge on any atom is -0.452 e. The van der Waals surface area contributed by atoms with E-state index in [2.05, 4.69) is 10.2 Å². The standard InChI is InChI=1S/C23H15N3O5S/c1-13-5-2-3-6-17(13)26-21(27)15-9-8-14(11-16(15)22(26)28)23(29)30-12-19-24-25-20(31-19)18-7-4-10-32-18/h2-11H,12H2,1H3. The molecule has 158 valence electrons. The largest absolute Gasteiger partial charge is 0.452 e. The fraction of sp³-hybridized carbons (Fsp3) is 0.0870. The molecule has 5 rings (SSSR count). The molecule has 2 aromatic heterocycles. The lowest BCUT2D eigenvalue weighted by Gasteiger charge is -2.16. The van der Waals surface area contributed by atoms with Crippen molar-refractivity contribution >= 4 is 34.8 Å². The minimum absolute atomic E-state index is 0.148. The Balaban J connectivity index is 1.33. The number of aromatic nitrogens is 2. The van der Waals surface area contributed by atoms with Gasteiger partial charge >= 0.3 is 5.97 Å². The molecular formula is C23H15N3O5S. The molecule has 0 saturated heterocycles. The molecule has 0 atom stereocenters. The molecule has 4 aromatic rings. The van der Waals surface area contributed by atoms with E-state index in [-0.39, 0.29) is 29.2 Å². The summed E-state index contributed by atoms with van der Waals surface area (Å²) in [4.78, 5) is 40.2. The summed E-state index contributed by atoms with van der Waals surface area (Å²) in [6.07, 6.45) is 0. The highest BCUT2D eigenvalue weighted by Crippen LogP contribution is 2.31. The Kier molecular flexibility index (Phi) is 4.87. The predicted octanol–water partition coefficient (Wildman–Crippen LogP) is 4.26. The highest BCUT2D eigenvalue weighted by molar-refractivity contribution is 7.13. The third-order valence-electron chi connectivity index (χ3n) is 5.00. The van der Waals surface area contributed by atoms with Gasteiger partial charge < -0.3 is 9.15 Å². The molecule has 0 radical (unpaired) electrons. The summed E-state index contributed by atoms with van der Waals surface area (Å²) in [5.74, 6) is -1.07. The van der Waals surface area contributed by atoms with Gasteiger partial charge in [-0.2, -0.15) is 0 Å². The molecule has 0 fully saturated rings. The zero-order valence-electron chi connectivity index (χ0n) is 16.8. The van der Waals surface area contributed by atoms with Gasteiger partial charge in [-0.05, 0) is 48.2 Å². The van der Waals surface area contributed by atoms with Crippen LogP contribution in [0.1, 0.15) is 42.5 Å². The van der Waals surface area contributed by atoms with Crippen LogP contribution >= 0.6 is 11.3 Å². The molecule has 0 saturated carbocycles. The van der Waals surface area contributed by atoms with Crippen molar-refractivity contribution in [1.29, 1.82) is 0 Å². The number of hydrogen-bond acceptors (Lipinski definition) is 8. The predicted molar refractivity (Wildman–Crippen MR) is 115 cm³/mol. The van der Waals surface area contributed by atoms with E-state index in [4.69, 9.17) is 9.15 Å². The van der Waals surface area contributed by atoms with Crippen molar-refractivity contribution in [3.05, 3.63) is 88.1 Å². The van der Waals surface area contributed by atoms with Gasteiger partial charge in [-0.1, -0.05) is 24.3 Å². The summed E-state index contributed by atoms with van der Waals surface area (Å²) in [6.45, 7) is 1.61. The second-order valence-electron chi connectivity index (χ2n) is 7.05. The molecule has 0 bridgehead atoms. The van der Waals surface area contributed by atoms with Crippen LogP contribution in [0.3, 0.4) is 0 Å². The number of rotatable bonds is 5. The van der Waals surface area contributed by atoms with Gasteiger partial charge in [0.1, 0.15) is 0 Å². The van der Waals surface area contributed by atoms with Gasteiger partial charge in [0.25, 0.3) is 23.6 Å². The molecule has 8 nitrogen and oxygen atoms in total. The number of ether oxygens (including phenoxy) is 1. The molecule has 1 aliphatic heterocycles. The minimum atomic E-state index is -0.668. The van der Waals surface area contributed by atoms with Gasteiger partial charge in [0.2, 0.25) is 0 Å². The molecule has 9 heteroatoms. The van der Waals surface area contributed by atoms with Gasteiger partial charge in [-0.3, -0.25) is 9.59 Å². The van der Waals surface area contributed by atoms with Crippen LogP contribution in [0.15, 0.2) is 64.4 Å². The van der Waals surface area contributed by atoms with E-state index in [1.807, 2.05) is 36.6 Å². The van der Waals surface area contributed by atoms with Crippen molar-refractivity contribution in [3.8, 4) is 10.8 Å². The number of anilines is 1. The second kappa shape index (κ2) is 7.86. The molecule has 0 aliphatic carbocycles. The van der Waals surface area contributed by atoms with Crippen LogP contribution in [0.2, 0.25) is 0 Å². The van der Waals surface area contributed by atoms with Crippen LogP contribution in [-0.4, -0.2) is 28.0 Å². The normalized spacial score (nSPS) is 12.8. The van der Waals surface area contributed by atoms with Crippen LogP contribution in [0.5, 0.6) is 0 Å². The number of thiophene rings is 1. The molecule has 0 unspecified atom stereocenters. The van der Waals surface area contributed by atoms with Crippen molar-refractivity contribution in [2.75, 3.05) is 4.90 Å². The van der Waals surface area contributed by atoms with E-state index in [1.165, 1.54) is 29.5 Å². The molecular weight excluding hydrogens is 430 g/mol. The number of fused-ring (bicyclic) bond motifs is 1. The van der Waals surface area contributed by atoms with E-state index in [0.717, 1.165) is 15.3 Å². The van der Waals surface area contributed by atoms with E-state index in [9.17, 15) is 14.4 Å². The number of benzene rings is 2. The molecule has 0 spiro atoms. The summed E-state index contributed by atoms with van der Waals surface area (Å²) in [7, 11) is 0. The van der Waals surface area contributed by atoms with E-state index in [0.29, 0.717) is 11.6 Å². The Morgan fingerprint density at radius 3 is 2.62 bits per heavy atom. The number of esters is 1. The Morgan fingerprint density at radius 1 is 1.03 bits per heavy atom. The second-order valence-corrected chi connectivity index (χ2v) is 7.99. The summed E-state index contributed by atoms with van der Waals surface area (Å²) in [5, 5.41) is 9.70. The third-order valence-corrected chi connectivity index (χ3v) is 5.86. The molecule has 2 amide bonds. The van der Waals surface area contributed by atoms with Crippen molar-refractivity contribution in [3.63, 3.8) is 0 Å². The maximum Gasteiger partial charge on any atom is 0.338 e. The van der Waals surface area contributed by atoms with Gasteiger partial charge in [0, 0.05) is 0 Å². The summed E-state index contributed by atoms with van der Waals surface area (Å²) >= 11 is 1.45. The van der Waals surface area contributed by atoms with Crippen molar-refractivity contribution < 1.29 is 23.5 Å². The van der Waals surface area contributed by atoms with Crippen molar-refractivity contribution in [2.45, 2.75) is 13.5 Å². The Labute approximate surface area is 186 Å². The van der Waals surface area contributed by atoms with Crippen LogP contribution in [-0.2, 0) is 11.3 Å². The summed E-state index contributed by atoms with van der Waals surface area (Å²) < 4.78 is 10.8. The van der Waals surface area contributed by atoms with E-state index < -0.39 is 17.8 Å². The van der Waals surface area contributed by atoms with E-state index in [1.54, 1.807) is 12.1 Å². The monoisotopic (exact) mass is 445 g/mol. The topological polar surface area (TPSA) is 103 Å². The fourth-order valence-corrected chi connectivity index (χ4v) is 4.07. The highest BCUT2D eigenvalue weighted by Gasteiger charge is 2.37. The molecule has 2 aromatic carbocycles. The van der Waals surface area contributed by atoms with Crippen LogP contribution in [0.4, 0.5) is 5.69 Å². The maximum absolute atomic E-state index is 12.9. The first kappa shape index (κ1) is 19.8. The first-order valence-corrected chi connectivity index (χ1v) is 10.5. The molecule has 1 aliphatic rings. The number of amides is 2.